The van der Waals surface area contributed by atoms with E-state index in [2.05, 4.69) is 10.3 Å². The minimum Gasteiger partial charge on any atom is -0.506 e. The minimum absolute atomic E-state index is 0.0524. The van der Waals surface area contributed by atoms with Crippen LogP contribution in [0.3, 0.4) is 0 Å². The molecule has 0 bridgehead atoms. The van der Waals surface area contributed by atoms with Crippen molar-refractivity contribution >= 4 is 29.3 Å². The molecule has 2 atom stereocenters. The number of nitrogens with zero attached hydrogens (tertiary/aromatic N) is 1. The highest BCUT2D eigenvalue weighted by Gasteiger charge is 2.39. The smallest absolute Gasteiger partial charge is 0.341 e. The number of aliphatic imine (C=N–C) groups is 1. The highest BCUT2D eigenvalue weighted by molar-refractivity contribution is 6.32. The fourth-order valence-electron chi connectivity index (χ4n) is 3.85. The number of aromatic hydroxyl groups is 1. The number of amides is 2. The maximum absolute atomic E-state index is 12.9. The van der Waals surface area contributed by atoms with Gasteiger partial charge in [-0.05, 0) is 42.9 Å². The van der Waals surface area contributed by atoms with Crippen LogP contribution in [0.25, 0.3) is 0 Å². The molecule has 2 unspecified atom stereocenters. The number of hydrogen-bond acceptors (Lipinski definition) is 4. The van der Waals surface area contributed by atoms with Crippen molar-refractivity contribution in [2.24, 2.45) is 16.8 Å². The van der Waals surface area contributed by atoms with E-state index in [1.54, 1.807) is 12.1 Å². The average Bonchev–Trinajstić information content (AvgIpc) is 2.68. The van der Waals surface area contributed by atoms with Gasteiger partial charge in [-0.3, -0.25) is 4.79 Å². The van der Waals surface area contributed by atoms with Crippen molar-refractivity contribution in [3.63, 3.8) is 0 Å². The quantitative estimate of drug-likeness (QED) is 0.727. The van der Waals surface area contributed by atoms with Gasteiger partial charge in [-0.1, -0.05) is 43.9 Å². The first-order valence-electron chi connectivity index (χ1n) is 9.52. The van der Waals surface area contributed by atoms with Crippen molar-refractivity contribution in [1.82, 2.24) is 5.32 Å². The standard InChI is InChI=1S/C20H25ClN2O4/c1-2-15-17(19(25)27-11-12-6-4-3-5-7-12)18(23-20(26)22-15)13-8-9-16(24)14(21)10-13/h8-10,12,17-18,24H,2-7,11H2,1H3,(H,23,26). The molecule has 2 aliphatic rings. The van der Waals surface area contributed by atoms with E-state index in [-0.39, 0.29) is 16.7 Å². The molecule has 6 nitrogen and oxygen atoms in total. The largest absolute Gasteiger partial charge is 0.506 e. The first-order chi connectivity index (χ1) is 13.0. The lowest BCUT2D eigenvalue weighted by molar-refractivity contribution is -0.148. The Morgan fingerprint density at radius 2 is 2.07 bits per heavy atom. The van der Waals surface area contributed by atoms with Crippen LogP contribution in [0.15, 0.2) is 23.2 Å². The number of esters is 1. The van der Waals surface area contributed by atoms with E-state index in [1.165, 1.54) is 25.3 Å². The second-order valence-corrected chi connectivity index (χ2v) is 7.61. The third-order valence-electron chi connectivity index (χ3n) is 5.35. The van der Waals surface area contributed by atoms with E-state index in [0.29, 0.717) is 30.2 Å². The predicted octanol–water partition coefficient (Wildman–Crippen LogP) is 4.40. The minimum atomic E-state index is -0.697. The summed E-state index contributed by atoms with van der Waals surface area (Å²) in [5.41, 5.74) is 1.13. The van der Waals surface area contributed by atoms with Crippen LogP contribution >= 0.6 is 11.6 Å². The Hall–Kier alpha value is -2.08. The second-order valence-electron chi connectivity index (χ2n) is 7.21. The number of nitrogens with one attached hydrogen (secondary N) is 1. The fourth-order valence-corrected chi connectivity index (χ4v) is 4.04. The molecule has 1 aromatic rings. The number of urea groups is 1. The van der Waals surface area contributed by atoms with Gasteiger partial charge in [0, 0.05) is 5.71 Å². The Morgan fingerprint density at radius 1 is 1.33 bits per heavy atom. The molecule has 0 aromatic heterocycles. The van der Waals surface area contributed by atoms with Crippen molar-refractivity contribution in [1.29, 1.82) is 0 Å². The van der Waals surface area contributed by atoms with E-state index < -0.39 is 18.0 Å². The van der Waals surface area contributed by atoms with E-state index in [4.69, 9.17) is 16.3 Å². The summed E-state index contributed by atoms with van der Waals surface area (Å²) in [7, 11) is 0. The van der Waals surface area contributed by atoms with Gasteiger partial charge in [0.05, 0.1) is 17.7 Å². The topological polar surface area (TPSA) is 88.0 Å². The fraction of sp³-hybridized carbons (Fsp3) is 0.550. The maximum atomic E-state index is 12.9. The summed E-state index contributed by atoms with van der Waals surface area (Å²) >= 11 is 6.02. The van der Waals surface area contributed by atoms with Gasteiger partial charge in [-0.25, -0.2) is 9.79 Å². The molecule has 0 spiro atoms. The molecule has 1 aromatic carbocycles. The molecule has 2 N–H and O–H groups in total. The Bertz CT molecular complexity index is 743. The first-order valence-corrected chi connectivity index (χ1v) is 9.90. The van der Waals surface area contributed by atoms with Crippen LogP contribution in [-0.4, -0.2) is 29.4 Å². The molecule has 0 saturated heterocycles. The van der Waals surface area contributed by atoms with Crippen LogP contribution < -0.4 is 5.32 Å². The third kappa shape index (κ3) is 4.61. The molecule has 0 radical (unpaired) electrons. The Balaban J connectivity index is 1.81. The Labute approximate surface area is 164 Å². The van der Waals surface area contributed by atoms with Crippen molar-refractivity contribution < 1.29 is 19.4 Å². The zero-order valence-corrected chi connectivity index (χ0v) is 16.2. The van der Waals surface area contributed by atoms with Gasteiger partial charge in [0.2, 0.25) is 0 Å². The van der Waals surface area contributed by atoms with Gasteiger partial charge in [-0.2, -0.15) is 0 Å². The molecule has 1 saturated carbocycles. The average molecular weight is 393 g/mol. The lowest BCUT2D eigenvalue weighted by atomic mass is 9.86. The number of phenols is 1. The van der Waals surface area contributed by atoms with Crippen LogP contribution in [0.1, 0.15) is 57.1 Å². The molecule has 27 heavy (non-hydrogen) atoms. The van der Waals surface area contributed by atoms with Crippen molar-refractivity contribution in [3.8, 4) is 5.75 Å². The van der Waals surface area contributed by atoms with E-state index >= 15 is 0 Å². The van der Waals surface area contributed by atoms with Gasteiger partial charge in [0.1, 0.15) is 11.7 Å². The summed E-state index contributed by atoms with van der Waals surface area (Å²) in [5, 5.41) is 12.6. The number of phenolic OH excluding ortho intramolecular Hbond substituents is 1. The predicted molar refractivity (Wildman–Crippen MR) is 103 cm³/mol. The summed E-state index contributed by atoms with van der Waals surface area (Å²) in [6.45, 7) is 2.27. The number of ether oxygens (including phenoxy) is 1. The highest BCUT2D eigenvalue weighted by Crippen LogP contribution is 2.33. The van der Waals surface area contributed by atoms with Crippen LogP contribution in [0, 0.1) is 11.8 Å². The monoisotopic (exact) mass is 392 g/mol. The molecule has 146 valence electrons. The van der Waals surface area contributed by atoms with Crippen molar-refractivity contribution in [2.75, 3.05) is 6.61 Å². The van der Waals surface area contributed by atoms with E-state index in [0.717, 1.165) is 12.8 Å². The molecule has 1 heterocycles. The molecule has 7 heteroatoms. The SMILES string of the molecule is CCC1=NC(=O)NC(c2ccc(O)c(Cl)c2)C1C(=O)OCC1CCCCC1. The lowest BCUT2D eigenvalue weighted by Gasteiger charge is -2.31. The van der Waals surface area contributed by atoms with Crippen LogP contribution in [0.2, 0.25) is 5.02 Å². The first kappa shape index (κ1) is 19.7. The van der Waals surface area contributed by atoms with Crippen molar-refractivity contribution in [2.45, 2.75) is 51.5 Å². The number of carbonyl (C=O) groups is 2. The third-order valence-corrected chi connectivity index (χ3v) is 5.65. The molecule has 1 aliphatic heterocycles. The molecule has 3 rings (SSSR count). The zero-order valence-electron chi connectivity index (χ0n) is 15.4. The summed E-state index contributed by atoms with van der Waals surface area (Å²) < 4.78 is 5.64. The second kappa shape index (κ2) is 8.74. The van der Waals surface area contributed by atoms with Gasteiger partial charge in [0.25, 0.3) is 0 Å². The van der Waals surface area contributed by atoms with Gasteiger partial charge in [-0.15, -0.1) is 0 Å². The molecule has 1 fully saturated rings. The molecule has 2 amide bonds. The van der Waals surface area contributed by atoms with Gasteiger partial charge >= 0.3 is 12.0 Å². The molecular weight excluding hydrogens is 368 g/mol. The van der Waals surface area contributed by atoms with Gasteiger partial charge < -0.3 is 15.2 Å². The molecule has 1 aliphatic carbocycles. The summed E-state index contributed by atoms with van der Waals surface area (Å²) in [5.74, 6) is -0.722. The van der Waals surface area contributed by atoms with E-state index in [1.807, 2.05) is 6.92 Å². The number of hydrogen-bond donors (Lipinski definition) is 2. The maximum Gasteiger partial charge on any atom is 0.341 e. The van der Waals surface area contributed by atoms with Crippen LogP contribution in [-0.2, 0) is 9.53 Å². The molecular formula is C20H25ClN2O4. The summed E-state index contributed by atoms with van der Waals surface area (Å²) in [6, 6.07) is 3.54. The normalized spacial score (nSPS) is 23.5. The lowest BCUT2D eigenvalue weighted by Crippen LogP contribution is -2.45. The summed E-state index contributed by atoms with van der Waals surface area (Å²) in [4.78, 5) is 28.9. The summed E-state index contributed by atoms with van der Waals surface area (Å²) in [6.07, 6.45) is 6.24. The number of halogens is 1. The van der Waals surface area contributed by atoms with Crippen molar-refractivity contribution in [3.05, 3.63) is 28.8 Å². The van der Waals surface area contributed by atoms with Gasteiger partial charge in [0.15, 0.2) is 0 Å². The number of benzene rings is 1. The zero-order chi connectivity index (χ0) is 19.4. The van der Waals surface area contributed by atoms with Crippen LogP contribution in [0.4, 0.5) is 4.79 Å². The highest BCUT2D eigenvalue weighted by atomic mass is 35.5. The Morgan fingerprint density at radius 3 is 2.74 bits per heavy atom. The number of rotatable bonds is 5. The van der Waals surface area contributed by atoms with E-state index in [9.17, 15) is 14.7 Å². The Kier molecular flexibility index (Phi) is 6.37. The number of carbonyl (C=O) groups excluding carboxylic acids is 2. The van der Waals surface area contributed by atoms with Crippen LogP contribution in [0.5, 0.6) is 5.75 Å².